The highest BCUT2D eigenvalue weighted by Crippen LogP contribution is 2.38. The zero-order valence-electron chi connectivity index (χ0n) is 16.5. The van der Waals surface area contributed by atoms with Crippen LogP contribution >= 0.6 is 0 Å². The van der Waals surface area contributed by atoms with Gasteiger partial charge in [0, 0.05) is 6.54 Å². The summed E-state index contributed by atoms with van der Waals surface area (Å²) in [5.74, 6) is 0.0458. The van der Waals surface area contributed by atoms with E-state index in [2.05, 4.69) is 33.9 Å². The predicted molar refractivity (Wildman–Crippen MR) is 104 cm³/mol. The molecule has 0 bridgehead atoms. The van der Waals surface area contributed by atoms with Crippen molar-refractivity contribution >= 4 is 14.2 Å². The molecule has 5 heteroatoms. The number of nitrogens with zero attached hydrogens (tertiary/aromatic N) is 1. The van der Waals surface area contributed by atoms with E-state index < -0.39 is 14.4 Å². The molecule has 25 heavy (non-hydrogen) atoms. The fourth-order valence-electron chi connectivity index (χ4n) is 3.11. The molecule has 0 unspecified atom stereocenters. The topological polar surface area (TPSA) is 49.8 Å². The lowest BCUT2D eigenvalue weighted by molar-refractivity contribution is -0.168. The second-order valence-electron chi connectivity index (χ2n) is 8.60. The van der Waals surface area contributed by atoms with Gasteiger partial charge in [0.2, 0.25) is 5.91 Å². The van der Waals surface area contributed by atoms with Crippen molar-refractivity contribution in [3.63, 3.8) is 0 Å². The first-order valence-corrected chi connectivity index (χ1v) is 12.2. The van der Waals surface area contributed by atoms with E-state index in [-0.39, 0.29) is 22.9 Å². The lowest BCUT2D eigenvalue weighted by Crippen LogP contribution is -2.65. The van der Waals surface area contributed by atoms with Crippen LogP contribution in [-0.2, 0) is 15.8 Å². The number of hydrogen-bond donors (Lipinski definition) is 1. The molecule has 1 aliphatic rings. The van der Waals surface area contributed by atoms with Crippen LogP contribution in [0.3, 0.4) is 0 Å². The highest BCUT2D eigenvalue weighted by molar-refractivity contribution is 6.74. The van der Waals surface area contributed by atoms with Crippen LogP contribution in [0.15, 0.2) is 30.3 Å². The van der Waals surface area contributed by atoms with E-state index in [1.54, 1.807) is 0 Å². The molecule has 0 aromatic heterocycles. The van der Waals surface area contributed by atoms with Gasteiger partial charge in [-0.1, -0.05) is 58.0 Å². The van der Waals surface area contributed by atoms with E-state index in [9.17, 15) is 9.90 Å². The standard InChI is InChI=1S/C20H33NO3Si/c1-7-16-18(17(22)14-24-25(5,6)20(2,3)4)21(19(16)23)13-15-11-9-8-10-12-15/h8-12,16-18,22H,7,13-14H2,1-6H3/t16-,17+,18-/m0/s1. The van der Waals surface area contributed by atoms with Gasteiger partial charge in [0.05, 0.1) is 24.7 Å². The SMILES string of the molecule is CC[C@@H]1C(=O)N(Cc2ccccc2)[C@@H]1[C@H](O)CO[Si](C)(C)C(C)(C)C. The molecule has 1 aliphatic heterocycles. The summed E-state index contributed by atoms with van der Waals surface area (Å²) in [6.45, 7) is 13.8. The zero-order chi connectivity index (χ0) is 18.8. The van der Waals surface area contributed by atoms with Gasteiger partial charge in [-0.05, 0) is 30.1 Å². The molecule has 1 heterocycles. The number of amides is 1. The molecule has 2 rings (SSSR count). The van der Waals surface area contributed by atoms with Crippen LogP contribution in [0.25, 0.3) is 0 Å². The molecule has 1 aromatic rings. The van der Waals surface area contributed by atoms with Gasteiger partial charge in [-0.15, -0.1) is 0 Å². The fraction of sp³-hybridized carbons (Fsp3) is 0.650. The molecule has 4 nitrogen and oxygen atoms in total. The van der Waals surface area contributed by atoms with E-state index in [0.29, 0.717) is 13.2 Å². The minimum absolute atomic E-state index is 0.0956. The van der Waals surface area contributed by atoms with Crippen molar-refractivity contribution in [2.75, 3.05) is 6.61 Å². The van der Waals surface area contributed by atoms with Crippen LogP contribution in [-0.4, -0.2) is 43.0 Å². The number of benzene rings is 1. The molecule has 1 saturated heterocycles. The van der Waals surface area contributed by atoms with Gasteiger partial charge in [0.25, 0.3) is 0 Å². The number of likely N-dealkylation sites (tertiary alicyclic amines) is 1. The third-order valence-corrected chi connectivity index (χ3v) is 10.3. The summed E-state index contributed by atoms with van der Waals surface area (Å²) in [5.41, 5.74) is 1.09. The first-order valence-electron chi connectivity index (χ1n) is 9.25. The average molecular weight is 364 g/mol. The molecule has 0 saturated carbocycles. The Morgan fingerprint density at radius 2 is 1.84 bits per heavy atom. The summed E-state index contributed by atoms with van der Waals surface area (Å²) in [7, 11) is -1.91. The Labute approximate surface area is 153 Å². The van der Waals surface area contributed by atoms with E-state index in [1.165, 1.54) is 0 Å². The second kappa shape index (κ2) is 7.60. The summed E-state index contributed by atoms with van der Waals surface area (Å²) in [4.78, 5) is 14.3. The summed E-state index contributed by atoms with van der Waals surface area (Å²) in [6, 6.07) is 9.80. The third kappa shape index (κ3) is 4.33. The van der Waals surface area contributed by atoms with E-state index in [4.69, 9.17) is 4.43 Å². The Balaban J connectivity index is 2.04. The molecule has 1 N–H and O–H groups in total. The largest absolute Gasteiger partial charge is 0.414 e. The van der Waals surface area contributed by atoms with E-state index in [1.807, 2.05) is 42.2 Å². The molecule has 140 valence electrons. The Morgan fingerprint density at radius 1 is 1.24 bits per heavy atom. The number of β-lactam (4-membered cyclic amide) rings is 1. The van der Waals surface area contributed by atoms with Crippen LogP contribution < -0.4 is 0 Å². The van der Waals surface area contributed by atoms with Gasteiger partial charge in [0.15, 0.2) is 8.32 Å². The number of rotatable bonds is 7. The van der Waals surface area contributed by atoms with Gasteiger partial charge in [0.1, 0.15) is 0 Å². The number of carbonyl (C=O) groups is 1. The first-order chi connectivity index (χ1) is 11.6. The highest BCUT2D eigenvalue weighted by atomic mass is 28.4. The quantitative estimate of drug-likeness (QED) is 0.592. The maximum atomic E-state index is 12.5. The van der Waals surface area contributed by atoms with Gasteiger partial charge in [-0.25, -0.2) is 0 Å². The first kappa shape index (κ1) is 20.1. The minimum Gasteiger partial charge on any atom is -0.414 e. The van der Waals surface area contributed by atoms with Crippen molar-refractivity contribution in [1.29, 1.82) is 0 Å². The smallest absolute Gasteiger partial charge is 0.228 e. The van der Waals surface area contributed by atoms with Crippen LogP contribution in [0.1, 0.15) is 39.7 Å². The Bertz CT molecular complexity index is 582. The highest BCUT2D eigenvalue weighted by Gasteiger charge is 2.50. The van der Waals surface area contributed by atoms with Gasteiger partial charge >= 0.3 is 0 Å². The number of carbonyl (C=O) groups excluding carboxylic acids is 1. The third-order valence-electron chi connectivity index (χ3n) is 5.82. The minimum atomic E-state index is -1.91. The van der Waals surface area contributed by atoms with Gasteiger partial charge in [-0.2, -0.15) is 0 Å². The maximum Gasteiger partial charge on any atom is 0.228 e. The number of aliphatic hydroxyl groups excluding tert-OH is 1. The number of aliphatic hydroxyl groups is 1. The number of hydrogen-bond acceptors (Lipinski definition) is 3. The lowest BCUT2D eigenvalue weighted by Gasteiger charge is -2.50. The second-order valence-corrected chi connectivity index (χ2v) is 13.4. The Morgan fingerprint density at radius 3 is 2.36 bits per heavy atom. The average Bonchev–Trinajstić information content (AvgIpc) is 2.55. The maximum absolute atomic E-state index is 12.5. The van der Waals surface area contributed by atoms with Crippen molar-refractivity contribution in [2.24, 2.45) is 5.92 Å². The molecule has 0 aliphatic carbocycles. The molecule has 1 fully saturated rings. The summed E-state index contributed by atoms with van der Waals surface area (Å²) >= 11 is 0. The van der Waals surface area contributed by atoms with Crippen molar-refractivity contribution in [3.05, 3.63) is 35.9 Å². The van der Waals surface area contributed by atoms with Crippen molar-refractivity contribution < 1.29 is 14.3 Å². The molecule has 0 radical (unpaired) electrons. The predicted octanol–water partition coefficient (Wildman–Crippen LogP) is 3.81. The Kier molecular flexibility index (Phi) is 6.12. The van der Waals surface area contributed by atoms with Crippen molar-refractivity contribution in [1.82, 2.24) is 4.90 Å². The molecular weight excluding hydrogens is 330 g/mol. The van der Waals surface area contributed by atoms with E-state index in [0.717, 1.165) is 12.0 Å². The fourth-order valence-corrected chi connectivity index (χ4v) is 4.13. The summed E-state index contributed by atoms with van der Waals surface area (Å²) in [6.07, 6.45) is 0.117. The Hall–Kier alpha value is -1.17. The molecule has 0 spiro atoms. The summed E-state index contributed by atoms with van der Waals surface area (Å²) < 4.78 is 6.19. The van der Waals surface area contributed by atoms with Crippen LogP contribution in [0, 0.1) is 5.92 Å². The molecule has 1 amide bonds. The lowest BCUT2D eigenvalue weighted by atomic mass is 9.81. The zero-order valence-corrected chi connectivity index (χ0v) is 17.5. The van der Waals surface area contributed by atoms with E-state index >= 15 is 0 Å². The van der Waals surface area contributed by atoms with Crippen molar-refractivity contribution in [3.8, 4) is 0 Å². The van der Waals surface area contributed by atoms with Crippen molar-refractivity contribution in [2.45, 2.75) is 70.9 Å². The normalized spacial score (nSPS) is 22.7. The van der Waals surface area contributed by atoms with Crippen LogP contribution in [0.5, 0.6) is 0 Å². The molecule has 1 aromatic carbocycles. The molecule has 3 atom stereocenters. The van der Waals surface area contributed by atoms with Crippen LogP contribution in [0.2, 0.25) is 18.1 Å². The monoisotopic (exact) mass is 363 g/mol. The summed E-state index contributed by atoms with van der Waals surface area (Å²) in [5, 5.41) is 10.9. The molecular formula is C20H33NO3Si. The van der Waals surface area contributed by atoms with Crippen LogP contribution in [0.4, 0.5) is 0 Å². The van der Waals surface area contributed by atoms with Gasteiger partial charge in [-0.3, -0.25) is 4.79 Å². The van der Waals surface area contributed by atoms with Gasteiger partial charge < -0.3 is 14.4 Å².